The number of ether oxygens (including phenoxy) is 1. The molecule has 2 nitrogen and oxygen atoms in total. The third kappa shape index (κ3) is 3.73. The Labute approximate surface area is 117 Å². The highest BCUT2D eigenvalue weighted by Gasteiger charge is 2.21. The average Bonchev–Trinajstić information content (AvgIpc) is 2.90. The molecule has 1 N–H and O–H groups in total. The number of hydrogen-bond acceptors (Lipinski definition) is 2. The third-order valence-corrected chi connectivity index (χ3v) is 3.92. The molecule has 0 saturated heterocycles. The highest BCUT2D eigenvalue weighted by molar-refractivity contribution is 5.45. The summed E-state index contributed by atoms with van der Waals surface area (Å²) in [4.78, 5) is 0. The van der Waals surface area contributed by atoms with E-state index in [-0.39, 0.29) is 0 Å². The van der Waals surface area contributed by atoms with Crippen LogP contribution in [0.4, 0.5) is 0 Å². The zero-order valence-corrected chi connectivity index (χ0v) is 12.4. The molecular formula is C17H27NO. The van der Waals surface area contributed by atoms with E-state index in [0.717, 1.165) is 25.3 Å². The van der Waals surface area contributed by atoms with E-state index in [0.29, 0.717) is 6.04 Å². The maximum atomic E-state index is 5.84. The molecule has 1 aliphatic heterocycles. The van der Waals surface area contributed by atoms with Gasteiger partial charge in [-0.2, -0.15) is 0 Å². The van der Waals surface area contributed by atoms with Gasteiger partial charge in [-0.05, 0) is 18.5 Å². The summed E-state index contributed by atoms with van der Waals surface area (Å²) < 4.78 is 5.84. The molecule has 0 spiro atoms. The maximum absolute atomic E-state index is 5.84. The molecule has 0 aromatic heterocycles. The monoisotopic (exact) mass is 261 g/mol. The Morgan fingerprint density at radius 3 is 2.89 bits per heavy atom. The molecule has 2 rings (SSSR count). The second-order valence-electron chi connectivity index (χ2n) is 5.39. The van der Waals surface area contributed by atoms with Crippen LogP contribution in [0.1, 0.15) is 63.1 Å². The van der Waals surface area contributed by atoms with Crippen LogP contribution in [0, 0.1) is 0 Å². The van der Waals surface area contributed by atoms with E-state index >= 15 is 0 Å². The summed E-state index contributed by atoms with van der Waals surface area (Å²) in [5.41, 5.74) is 2.75. The van der Waals surface area contributed by atoms with Crippen molar-refractivity contribution in [2.75, 3.05) is 13.2 Å². The first kappa shape index (κ1) is 14.4. The van der Waals surface area contributed by atoms with Gasteiger partial charge in [0.25, 0.3) is 0 Å². The van der Waals surface area contributed by atoms with Gasteiger partial charge >= 0.3 is 0 Å². The van der Waals surface area contributed by atoms with Gasteiger partial charge in [-0.1, -0.05) is 57.7 Å². The summed E-state index contributed by atoms with van der Waals surface area (Å²) in [6.07, 6.45) is 7.58. The highest BCUT2D eigenvalue weighted by atomic mass is 16.5. The molecule has 0 bridgehead atoms. The number of rotatable bonds is 8. The van der Waals surface area contributed by atoms with Gasteiger partial charge < -0.3 is 10.1 Å². The average molecular weight is 261 g/mol. The Kier molecular flexibility index (Phi) is 5.71. The Bertz CT molecular complexity index is 389. The standard InChI is InChI=1S/C17H27NO/c1-3-5-6-7-11-16(18-4-2)15-10-8-9-14-12-13-19-17(14)15/h8-10,16,18H,3-7,11-13H2,1-2H3. The zero-order chi connectivity index (χ0) is 13.5. The first-order chi connectivity index (χ1) is 9.36. The van der Waals surface area contributed by atoms with E-state index in [2.05, 4.69) is 37.4 Å². The number of hydrogen-bond donors (Lipinski definition) is 1. The fourth-order valence-corrected chi connectivity index (χ4v) is 2.90. The predicted octanol–water partition coefficient (Wildman–Crippen LogP) is 4.24. The molecule has 1 aliphatic rings. The molecule has 0 radical (unpaired) electrons. The molecular weight excluding hydrogens is 234 g/mol. The molecule has 1 atom stereocenters. The van der Waals surface area contributed by atoms with Crippen molar-refractivity contribution in [3.8, 4) is 5.75 Å². The predicted molar refractivity (Wildman–Crippen MR) is 80.8 cm³/mol. The maximum Gasteiger partial charge on any atom is 0.127 e. The Hall–Kier alpha value is -1.02. The molecule has 1 heterocycles. The van der Waals surface area contributed by atoms with E-state index in [4.69, 9.17) is 4.74 Å². The van der Waals surface area contributed by atoms with Crippen LogP contribution in [0.3, 0.4) is 0 Å². The van der Waals surface area contributed by atoms with Gasteiger partial charge in [0.1, 0.15) is 5.75 Å². The summed E-state index contributed by atoms with van der Waals surface area (Å²) in [6.45, 7) is 6.31. The number of nitrogens with one attached hydrogen (secondary N) is 1. The second kappa shape index (κ2) is 7.54. The van der Waals surface area contributed by atoms with Crippen LogP contribution in [0.25, 0.3) is 0 Å². The summed E-state index contributed by atoms with van der Waals surface area (Å²) in [5, 5.41) is 3.63. The smallest absolute Gasteiger partial charge is 0.127 e. The second-order valence-corrected chi connectivity index (χ2v) is 5.39. The Morgan fingerprint density at radius 2 is 2.11 bits per heavy atom. The molecule has 106 valence electrons. The molecule has 0 fully saturated rings. The minimum Gasteiger partial charge on any atom is -0.493 e. The van der Waals surface area contributed by atoms with Crippen LogP contribution in [0.15, 0.2) is 18.2 Å². The summed E-state index contributed by atoms with van der Waals surface area (Å²) in [6, 6.07) is 7.07. The minimum atomic E-state index is 0.454. The van der Waals surface area contributed by atoms with Crippen LogP contribution >= 0.6 is 0 Å². The van der Waals surface area contributed by atoms with E-state index in [1.54, 1.807) is 0 Å². The normalized spacial score (nSPS) is 15.1. The van der Waals surface area contributed by atoms with Crippen molar-refractivity contribution < 1.29 is 4.74 Å². The van der Waals surface area contributed by atoms with Crippen LogP contribution in [0.2, 0.25) is 0 Å². The summed E-state index contributed by atoms with van der Waals surface area (Å²) >= 11 is 0. The number of unbranched alkanes of at least 4 members (excludes halogenated alkanes) is 3. The number of para-hydroxylation sites is 1. The number of fused-ring (bicyclic) bond motifs is 1. The molecule has 2 heteroatoms. The molecule has 0 amide bonds. The first-order valence-electron chi connectivity index (χ1n) is 7.84. The van der Waals surface area contributed by atoms with Crippen LogP contribution in [0.5, 0.6) is 5.75 Å². The molecule has 0 saturated carbocycles. The molecule has 1 aromatic carbocycles. The lowest BCUT2D eigenvalue weighted by molar-refractivity contribution is 0.346. The van der Waals surface area contributed by atoms with Crippen LogP contribution < -0.4 is 10.1 Å². The van der Waals surface area contributed by atoms with Gasteiger partial charge in [0.05, 0.1) is 6.61 Å². The summed E-state index contributed by atoms with van der Waals surface area (Å²) in [5.74, 6) is 1.16. The van der Waals surface area contributed by atoms with E-state index in [9.17, 15) is 0 Å². The Balaban J connectivity index is 2.04. The Morgan fingerprint density at radius 1 is 1.21 bits per heavy atom. The fraction of sp³-hybridized carbons (Fsp3) is 0.647. The van der Waals surface area contributed by atoms with Gasteiger partial charge in [0.2, 0.25) is 0 Å². The van der Waals surface area contributed by atoms with Gasteiger partial charge in [0, 0.05) is 18.0 Å². The van der Waals surface area contributed by atoms with E-state index < -0.39 is 0 Å². The minimum absolute atomic E-state index is 0.454. The topological polar surface area (TPSA) is 21.3 Å². The lowest BCUT2D eigenvalue weighted by Crippen LogP contribution is -2.21. The van der Waals surface area contributed by atoms with Crippen molar-refractivity contribution in [1.82, 2.24) is 5.32 Å². The highest BCUT2D eigenvalue weighted by Crippen LogP contribution is 2.35. The van der Waals surface area contributed by atoms with Crippen LogP contribution in [-0.4, -0.2) is 13.2 Å². The van der Waals surface area contributed by atoms with Crippen molar-refractivity contribution in [2.45, 2.75) is 58.4 Å². The zero-order valence-electron chi connectivity index (χ0n) is 12.4. The van der Waals surface area contributed by atoms with Crippen molar-refractivity contribution in [1.29, 1.82) is 0 Å². The van der Waals surface area contributed by atoms with E-state index in [1.807, 2.05) is 0 Å². The SMILES string of the molecule is CCCCCCC(NCC)c1cccc2c1OCC2. The third-order valence-electron chi connectivity index (χ3n) is 3.92. The van der Waals surface area contributed by atoms with Crippen molar-refractivity contribution in [3.05, 3.63) is 29.3 Å². The first-order valence-corrected chi connectivity index (χ1v) is 7.84. The lowest BCUT2D eigenvalue weighted by Gasteiger charge is -2.20. The van der Waals surface area contributed by atoms with Crippen molar-refractivity contribution in [2.24, 2.45) is 0 Å². The quantitative estimate of drug-likeness (QED) is 0.707. The molecule has 19 heavy (non-hydrogen) atoms. The fourth-order valence-electron chi connectivity index (χ4n) is 2.90. The van der Waals surface area contributed by atoms with E-state index in [1.165, 1.54) is 43.2 Å². The largest absolute Gasteiger partial charge is 0.493 e. The van der Waals surface area contributed by atoms with Gasteiger partial charge in [-0.3, -0.25) is 0 Å². The van der Waals surface area contributed by atoms with Gasteiger partial charge in [-0.25, -0.2) is 0 Å². The number of benzene rings is 1. The molecule has 1 unspecified atom stereocenters. The summed E-state index contributed by atoms with van der Waals surface area (Å²) in [7, 11) is 0. The van der Waals surface area contributed by atoms with Crippen LogP contribution in [-0.2, 0) is 6.42 Å². The molecule has 0 aliphatic carbocycles. The van der Waals surface area contributed by atoms with Gasteiger partial charge in [-0.15, -0.1) is 0 Å². The molecule has 1 aromatic rings. The van der Waals surface area contributed by atoms with Crippen molar-refractivity contribution >= 4 is 0 Å². The lowest BCUT2D eigenvalue weighted by atomic mass is 9.97. The van der Waals surface area contributed by atoms with Gasteiger partial charge in [0.15, 0.2) is 0 Å². The van der Waals surface area contributed by atoms with Crippen molar-refractivity contribution in [3.63, 3.8) is 0 Å².